The first-order valence-electron chi connectivity index (χ1n) is 9.97. The van der Waals surface area contributed by atoms with Gasteiger partial charge in [0.25, 0.3) is 0 Å². The summed E-state index contributed by atoms with van der Waals surface area (Å²) in [5.74, 6) is 0. The number of likely N-dealkylation sites (N-methyl/N-ethyl adjacent to an activating group) is 1. The number of ether oxygens (including phenoxy) is 1. The van der Waals surface area contributed by atoms with E-state index in [2.05, 4.69) is 15.2 Å². The van der Waals surface area contributed by atoms with Crippen LogP contribution < -0.4 is 5.32 Å². The van der Waals surface area contributed by atoms with Gasteiger partial charge in [-0.3, -0.25) is 9.88 Å². The molecule has 2 heterocycles. The lowest BCUT2D eigenvalue weighted by molar-refractivity contribution is -0.0220. The van der Waals surface area contributed by atoms with Crippen molar-refractivity contribution in [3.05, 3.63) is 30.1 Å². The monoisotopic (exact) mass is 363 g/mol. The number of aliphatic hydroxyl groups excluding tert-OH is 2. The largest absolute Gasteiger partial charge is 0.394 e. The first-order chi connectivity index (χ1) is 12.7. The third kappa shape index (κ3) is 5.02. The summed E-state index contributed by atoms with van der Waals surface area (Å²) in [6, 6.07) is 6.37. The van der Waals surface area contributed by atoms with Gasteiger partial charge in [0.05, 0.1) is 18.8 Å². The SMILES string of the molecule is CN(CCc1ccccn1)C1C(CNC2CCCCC2)OC(CO)C1O. The molecule has 0 aromatic carbocycles. The smallest absolute Gasteiger partial charge is 0.109 e. The molecule has 2 aliphatic rings. The number of aliphatic hydroxyl groups is 2. The lowest BCUT2D eigenvalue weighted by Gasteiger charge is -2.32. The summed E-state index contributed by atoms with van der Waals surface area (Å²) in [7, 11) is 2.02. The van der Waals surface area contributed by atoms with Crippen LogP contribution >= 0.6 is 0 Å². The number of nitrogens with zero attached hydrogens (tertiary/aromatic N) is 2. The summed E-state index contributed by atoms with van der Waals surface area (Å²) >= 11 is 0. The molecule has 1 aliphatic carbocycles. The topological polar surface area (TPSA) is 77.9 Å². The zero-order chi connectivity index (χ0) is 18.4. The second-order valence-corrected chi connectivity index (χ2v) is 7.67. The number of pyridine rings is 1. The van der Waals surface area contributed by atoms with E-state index in [-0.39, 0.29) is 18.8 Å². The number of rotatable bonds is 8. The van der Waals surface area contributed by atoms with Gasteiger partial charge >= 0.3 is 0 Å². The molecule has 1 aromatic rings. The number of hydrogen-bond donors (Lipinski definition) is 3. The van der Waals surface area contributed by atoms with Crippen molar-refractivity contribution in [2.75, 3.05) is 26.7 Å². The predicted octanol–water partition coefficient (Wildman–Crippen LogP) is 0.967. The van der Waals surface area contributed by atoms with Crippen LogP contribution in [-0.2, 0) is 11.2 Å². The van der Waals surface area contributed by atoms with Crippen molar-refractivity contribution in [3.8, 4) is 0 Å². The molecular formula is C20H33N3O3. The molecule has 4 atom stereocenters. The van der Waals surface area contributed by atoms with Crippen LogP contribution in [0, 0.1) is 0 Å². The number of aromatic nitrogens is 1. The van der Waals surface area contributed by atoms with E-state index >= 15 is 0 Å². The molecule has 0 bridgehead atoms. The third-order valence-corrected chi connectivity index (χ3v) is 5.81. The summed E-state index contributed by atoms with van der Waals surface area (Å²) in [5.41, 5.74) is 1.04. The van der Waals surface area contributed by atoms with Crippen molar-refractivity contribution in [1.29, 1.82) is 0 Å². The Morgan fingerprint density at radius 1 is 1.23 bits per heavy atom. The van der Waals surface area contributed by atoms with Crippen molar-refractivity contribution in [2.45, 2.75) is 68.9 Å². The van der Waals surface area contributed by atoms with Gasteiger partial charge in [-0.15, -0.1) is 0 Å². The first-order valence-corrected chi connectivity index (χ1v) is 9.97. The lowest BCUT2D eigenvalue weighted by Crippen LogP contribution is -2.50. The van der Waals surface area contributed by atoms with E-state index in [0.717, 1.165) is 25.2 Å². The molecule has 1 aromatic heterocycles. The van der Waals surface area contributed by atoms with Gasteiger partial charge in [0.15, 0.2) is 0 Å². The Hall–Kier alpha value is -1.05. The van der Waals surface area contributed by atoms with Crippen LogP contribution in [0.5, 0.6) is 0 Å². The van der Waals surface area contributed by atoms with Gasteiger partial charge in [0.2, 0.25) is 0 Å². The Labute approximate surface area is 156 Å². The van der Waals surface area contributed by atoms with Gasteiger partial charge in [0.1, 0.15) is 12.2 Å². The highest BCUT2D eigenvalue weighted by Gasteiger charge is 2.45. The summed E-state index contributed by atoms with van der Waals surface area (Å²) in [5, 5.41) is 23.8. The molecule has 0 amide bonds. The fourth-order valence-electron chi connectivity index (χ4n) is 4.27. The van der Waals surface area contributed by atoms with Crippen molar-refractivity contribution >= 4 is 0 Å². The van der Waals surface area contributed by atoms with E-state index in [0.29, 0.717) is 6.04 Å². The quantitative estimate of drug-likeness (QED) is 0.639. The fraction of sp³-hybridized carbons (Fsp3) is 0.750. The normalized spacial score (nSPS) is 30.2. The molecule has 0 spiro atoms. The zero-order valence-corrected chi connectivity index (χ0v) is 15.8. The average molecular weight is 364 g/mol. The Morgan fingerprint density at radius 2 is 2.04 bits per heavy atom. The maximum absolute atomic E-state index is 10.7. The summed E-state index contributed by atoms with van der Waals surface area (Å²) < 4.78 is 5.98. The highest BCUT2D eigenvalue weighted by molar-refractivity contribution is 5.04. The van der Waals surface area contributed by atoms with E-state index in [9.17, 15) is 10.2 Å². The predicted molar refractivity (Wildman–Crippen MR) is 101 cm³/mol. The van der Waals surface area contributed by atoms with Crippen LogP contribution in [0.1, 0.15) is 37.8 Å². The second kappa shape index (κ2) is 9.76. The van der Waals surface area contributed by atoms with Crippen molar-refractivity contribution in [1.82, 2.24) is 15.2 Å². The van der Waals surface area contributed by atoms with Crippen molar-refractivity contribution in [3.63, 3.8) is 0 Å². The molecule has 1 saturated carbocycles. The Morgan fingerprint density at radius 3 is 2.73 bits per heavy atom. The van der Waals surface area contributed by atoms with E-state index in [1.807, 2.05) is 31.4 Å². The number of nitrogens with one attached hydrogen (secondary N) is 1. The van der Waals surface area contributed by atoms with Crippen molar-refractivity contribution < 1.29 is 14.9 Å². The summed E-state index contributed by atoms with van der Waals surface area (Å²) in [4.78, 5) is 6.53. The Kier molecular flexibility index (Phi) is 7.40. The molecule has 1 saturated heterocycles. The van der Waals surface area contributed by atoms with Crippen LogP contribution in [0.25, 0.3) is 0 Å². The maximum atomic E-state index is 10.7. The average Bonchev–Trinajstić information content (AvgIpc) is 3.01. The van der Waals surface area contributed by atoms with Crippen molar-refractivity contribution in [2.24, 2.45) is 0 Å². The van der Waals surface area contributed by atoms with Crippen LogP contribution in [0.3, 0.4) is 0 Å². The highest BCUT2D eigenvalue weighted by Crippen LogP contribution is 2.26. The molecule has 26 heavy (non-hydrogen) atoms. The molecule has 4 unspecified atom stereocenters. The summed E-state index contributed by atoms with van der Waals surface area (Å²) in [6.07, 6.45) is 7.70. The second-order valence-electron chi connectivity index (χ2n) is 7.67. The molecule has 6 heteroatoms. The van der Waals surface area contributed by atoms with E-state index in [4.69, 9.17) is 4.74 Å². The zero-order valence-electron chi connectivity index (χ0n) is 15.8. The van der Waals surface area contributed by atoms with Crippen LogP contribution in [0.2, 0.25) is 0 Å². The number of hydrogen-bond acceptors (Lipinski definition) is 6. The van der Waals surface area contributed by atoms with Gasteiger partial charge in [-0.1, -0.05) is 25.3 Å². The fourth-order valence-corrected chi connectivity index (χ4v) is 4.27. The van der Waals surface area contributed by atoms with Gasteiger partial charge in [-0.05, 0) is 32.0 Å². The van der Waals surface area contributed by atoms with Crippen LogP contribution in [0.15, 0.2) is 24.4 Å². The minimum absolute atomic E-state index is 0.113. The van der Waals surface area contributed by atoms with Crippen LogP contribution in [-0.4, -0.2) is 77.2 Å². The Bertz CT molecular complexity index is 524. The van der Waals surface area contributed by atoms with Gasteiger partial charge < -0.3 is 20.3 Å². The molecule has 6 nitrogen and oxygen atoms in total. The van der Waals surface area contributed by atoms with Gasteiger partial charge in [0, 0.05) is 37.4 Å². The van der Waals surface area contributed by atoms with Gasteiger partial charge in [-0.25, -0.2) is 0 Å². The Balaban J connectivity index is 1.56. The molecule has 146 valence electrons. The molecule has 3 rings (SSSR count). The maximum Gasteiger partial charge on any atom is 0.109 e. The highest BCUT2D eigenvalue weighted by atomic mass is 16.5. The van der Waals surface area contributed by atoms with Gasteiger partial charge in [-0.2, -0.15) is 0 Å². The lowest BCUT2D eigenvalue weighted by atomic mass is 9.95. The molecule has 2 fully saturated rings. The first kappa shape index (κ1) is 19.7. The van der Waals surface area contributed by atoms with E-state index in [1.54, 1.807) is 0 Å². The standard InChI is InChI=1S/C20H33N3O3/c1-23(12-10-16-9-5-6-11-21-16)19-17(26-18(14-24)20(19)25)13-22-15-7-3-2-4-8-15/h5-6,9,11,15,17-20,22,24-25H,2-4,7-8,10,12-14H2,1H3. The molecule has 3 N–H and O–H groups in total. The third-order valence-electron chi connectivity index (χ3n) is 5.81. The minimum atomic E-state index is -0.674. The molecular weight excluding hydrogens is 330 g/mol. The van der Waals surface area contributed by atoms with Crippen LogP contribution in [0.4, 0.5) is 0 Å². The molecule has 1 aliphatic heterocycles. The molecule has 0 radical (unpaired) electrons. The summed E-state index contributed by atoms with van der Waals surface area (Å²) in [6.45, 7) is 1.36. The van der Waals surface area contributed by atoms with E-state index in [1.165, 1.54) is 32.1 Å². The minimum Gasteiger partial charge on any atom is -0.394 e. The van der Waals surface area contributed by atoms with E-state index < -0.39 is 12.2 Å².